The summed E-state index contributed by atoms with van der Waals surface area (Å²) in [5.74, 6) is 0. The number of anilines is 2. The molecule has 0 aliphatic carbocycles. The summed E-state index contributed by atoms with van der Waals surface area (Å²) in [4.78, 5) is 43.1. The molecule has 2 N–H and O–H groups in total. The first kappa shape index (κ1) is 41.2. The molecule has 0 bridgehead atoms. The third kappa shape index (κ3) is 9.15. The second-order valence-electron chi connectivity index (χ2n) is 12.6. The van der Waals surface area contributed by atoms with Crippen LogP contribution >= 0.6 is 0 Å². The van der Waals surface area contributed by atoms with Crippen LogP contribution in [0.25, 0.3) is 0 Å². The molecule has 0 saturated heterocycles. The highest BCUT2D eigenvalue weighted by molar-refractivity contribution is 5.87. The number of aryl methyl sites for hydroxylation is 4. The topological polar surface area (TPSA) is 221 Å². The molecule has 4 aromatic rings. The second-order valence-corrected chi connectivity index (χ2v) is 12.6. The molecule has 0 aromatic heterocycles. The minimum Gasteiger partial charge on any atom is -0.272 e. The highest BCUT2D eigenvalue weighted by Crippen LogP contribution is 2.34. The van der Waals surface area contributed by atoms with Gasteiger partial charge in [-0.15, -0.1) is 0 Å². The lowest BCUT2D eigenvalue weighted by Crippen LogP contribution is -2.13. The summed E-state index contributed by atoms with van der Waals surface area (Å²) in [6.45, 7) is 12.5. The van der Waals surface area contributed by atoms with Crippen molar-refractivity contribution in [3.63, 3.8) is 0 Å². The fourth-order valence-electron chi connectivity index (χ4n) is 6.90. The summed E-state index contributed by atoms with van der Waals surface area (Å²) in [6, 6.07) is 11.1. The molecule has 0 aliphatic heterocycles. The third-order valence-electron chi connectivity index (χ3n) is 9.66. The fourth-order valence-corrected chi connectivity index (χ4v) is 6.90. The van der Waals surface area contributed by atoms with E-state index in [9.17, 15) is 40.5 Å². The number of hydrogen-bond acceptors (Lipinski definition) is 12. The lowest BCUT2D eigenvalue weighted by Gasteiger charge is -2.24. The molecule has 55 heavy (non-hydrogen) atoms. The van der Waals surface area contributed by atoms with E-state index in [2.05, 4.69) is 74.7 Å². The average molecular weight is 753 g/mol. The van der Waals surface area contributed by atoms with Gasteiger partial charge in [0.2, 0.25) is 0 Å². The molecule has 0 amide bonds. The van der Waals surface area contributed by atoms with E-state index < -0.39 is 42.4 Å². The van der Waals surface area contributed by atoms with Crippen LogP contribution < -0.4 is 10.9 Å². The monoisotopic (exact) mass is 752 g/mol. The quantitative estimate of drug-likeness (QED) is 0.0557. The number of nitro groups is 4. The van der Waals surface area contributed by atoms with Crippen molar-refractivity contribution in [1.82, 2.24) is 0 Å². The van der Waals surface area contributed by atoms with E-state index in [0.717, 1.165) is 69.5 Å². The Morgan fingerprint density at radius 2 is 0.855 bits per heavy atom. The standard InChI is InChI=1S/C39H44N8O8/c1-7-24-17-26(9-3)34(22-40-42-36-15-13-28(44(48)49)19-38(36)46(52)53)30(11-5)32(24)21-33-25(8-2)18-27(10-4)35(31(33)12-6)23-41-43-37-16-14-29(45(50)51)20-39(37)47(54)55/h13-20,22-23,42-43H,7-12,21H2,1-6H3/b40-22+,41-23+. The van der Waals surface area contributed by atoms with Crippen molar-refractivity contribution < 1.29 is 19.7 Å². The summed E-state index contributed by atoms with van der Waals surface area (Å²) in [5.41, 5.74) is 14.6. The number of non-ortho nitro benzene ring substituents is 2. The Bertz CT molecular complexity index is 2050. The van der Waals surface area contributed by atoms with Gasteiger partial charge in [-0.25, -0.2) is 0 Å². The number of nitro benzene ring substituents is 4. The zero-order valence-corrected chi connectivity index (χ0v) is 31.7. The van der Waals surface area contributed by atoms with E-state index in [1.165, 1.54) is 35.4 Å². The number of benzene rings is 4. The van der Waals surface area contributed by atoms with Crippen LogP contribution in [0.4, 0.5) is 34.1 Å². The highest BCUT2D eigenvalue weighted by atomic mass is 16.6. The first-order valence-corrected chi connectivity index (χ1v) is 18.1. The van der Waals surface area contributed by atoms with Gasteiger partial charge in [0, 0.05) is 23.3 Å². The Labute approximate surface area is 318 Å². The first-order chi connectivity index (χ1) is 26.3. The van der Waals surface area contributed by atoms with Crippen molar-refractivity contribution in [2.45, 2.75) is 86.5 Å². The van der Waals surface area contributed by atoms with Gasteiger partial charge in [0.1, 0.15) is 11.4 Å². The largest absolute Gasteiger partial charge is 0.301 e. The Kier molecular flexibility index (Phi) is 13.8. The van der Waals surface area contributed by atoms with Crippen LogP contribution in [-0.4, -0.2) is 32.1 Å². The second kappa shape index (κ2) is 18.4. The molecule has 288 valence electrons. The Hall–Kier alpha value is -6.58. The summed E-state index contributed by atoms with van der Waals surface area (Å²) in [5, 5.41) is 54.7. The molecule has 0 heterocycles. The van der Waals surface area contributed by atoms with E-state index in [0.29, 0.717) is 32.1 Å². The van der Waals surface area contributed by atoms with Crippen LogP contribution in [0.3, 0.4) is 0 Å². The number of hydrogen-bond donors (Lipinski definition) is 2. The van der Waals surface area contributed by atoms with Gasteiger partial charge in [0.05, 0.1) is 44.3 Å². The van der Waals surface area contributed by atoms with E-state index in [4.69, 9.17) is 0 Å². The predicted molar refractivity (Wildman–Crippen MR) is 214 cm³/mol. The molecule has 16 nitrogen and oxygen atoms in total. The molecule has 4 aromatic carbocycles. The van der Waals surface area contributed by atoms with Crippen LogP contribution in [0.5, 0.6) is 0 Å². The van der Waals surface area contributed by atoms with Crippen molar-refractivity contribution in [3.05, 3.63) is 145 Å². The number of nitrogens with one attached hydrogen (secondary N) is 2. The van der Waals surface area contributed by atoms with Crippen LogP contribution in [0.15, 0.2) is 58.7 Å². The zero-order valence-electron chi connectivity index (χ0n) is 31.7. The summed E-state index contributed by atoms with van der Waals surface area (Å²) in [7, 11) is 0. The number of rotatable bonds is 18. The van der Waals surface area contributed by atoms with Gasteiger partial charge in [0.25, 0.3) is 11.4 Å². The summed E-state index contributed by atoms with van der Waals surface area (Å²) in [6.07, 6.45) is 8.27. The Balaban J connectivity index is 1.82. The van der Waals surface area contributed by atoms with Gasteiger partial charge >= 0.3 is 11.4 Å². The molecule has 0 spiro atoms. The predicted octanol–water partition coefficient (Wildman–Crippen LogP) is 9.18. The maximum absolute atomic E-state index is 11.7. The third-order valence-corrected chi connectivity index (χ3v) is 9.66. The molecule has 4 rings (SSSR count). The van der Waals surface area contributed by atoms with Crippen molar-refractivity contribution in [2.75, 3.05) is 10.9 Å². The Morgan fingerprint density at radius 1 is 0.491 bits per heavy atom. The van der Waals surface area contributed by atoms with Gasteiger partial charge in [-0.1, -0.05) is 53.7 Å². The number of hydrazone groups is 2. The van der Waals surface area contributed by atoms with Crippen LogP contribution in [0.2, 0.25) is 0 Å². The fraction of sp³-hybridized carbons (Fsp3) is 0.333. The van der Waals surface area contributed by atoms with E-state index in [1.807, 2.05) is 0 Å². The van der Waals surface area contributed by atoms with Crippen LogP contribution in [0, 0.1) is 40.5 Å². The minimum atomic E-state index is -0.692. The van der Waals surface area contributed by atoms with E-state index in [-0.39, 0.29) is 11.4 Å². The van der Waals surface area contributed by atoms with Crippen molar-refractivity contribution in [1.29, 1.82) is 0 Å². The normalized spacial score (nSPS) is 11.3. The maximum Gasteiger partial charge on any atom is 0.301 e. The van der Waals surface area contributed by atoms with E-state index in [1.54, 1.807) is 12.4 Å². The van der Waals surface area contributed by atoms with Gasteiger partial charge in [-0.3, -0.25) is 51.3 Å². The first-order valence-electron chi connectivity index (χ1n) is 18.1. The maximum atomic E-state index is 11.7. The molecule has 0 unspecified atom stereocenters. The van der Waals surface area contributed by atoms with Crippen LogP contribution in [-0.2, 0) is 44.9 Å². The molecule has 0 saturated carbocycles. The number of nitrogens with zero attached hydrogens (tertiary/aromatic N) is 6. The zero-order chi connectivity index (χ0) is 40.4. The van der Waals surface area contributed by atoms with Gasteiger partial charge in [0.15, 0.2) is 0 Å². The average Bonchev–Trinajstić information content (AvgIpc) is 3.17. The molecule has 0 atom stereocenters. The van der Waals surface area contributed by atoms with Gasteiger partial charge < -0.3 is 0 Å². The van der Waals surface area contributed by atoms with Gasteiger partial charge in [-0.05, 0) is 102 Å². The van der Waals surface area contributed by atoms with Crippen molar-refractivity contribution >= 4 is 46.6 Å². The molecule has 0 aliphatic rings. The van der Waals surface area contributed by atoms with Crippen molar-refractivity contribution in [3.8, 4) is 0 Å². The molecule has 0 radical (unpaired) electrons. The molecular weight excluding hydrogens is 708 g/mol. The van der Waals surface area contributed by atoms with E-state index >= 15 is 0 Å². The molecular formula is C39H44N8O8. The molecule has 16 heteroatoms. The molecule has 0 fully saturated rings. The lowest BCUT2D eigenvalue weighted by atomic mass is 9.81. The smallest absolute Gasteiger partial charge is 0.272 e. The summed E-state index contributed by atoms with van der Waals surface area (Å²) >= 11 is 0. The van der Waals surface area contributed by atoms with Crippen molar-refractivity contribution in [2.24, 2.45) is 10.2 Å². The Morgan fingerprint density at radius 3 is 1.15 bits per heavy atom. The highest BCUT2D eigenvalue weighted by Gasteiger charge is 2.23. The minimum absolute atomic E-state index is 0.0244. The van der Waals surface area contributed by atoms with Gasteiger partial charge in [-0.2, -0.15) is 10.2 Å². The van der Waals surface area contributed by atoms with Crippen LogP contribution in [0.1, 0.15) is 97.2 Å². The lowest BCUT2D eigenvalue weighted by molar-refractivity contribution is -0.393. The summed E-state index contributed by atoms with van der Waals surface area (Å²) < 4.78 is 0. The SMILES string of the molecule is CCc1cc(CC)c(Cc2c(CC)cc(CC)c(/C=N/Nc3ccc([N+](=O)[O-])cc3[N+](=O)[O-])c2CC)c(CC)c1/C=N/Nc1ccc([N+](=O)[O-])cc1[N+](=O)[O-].